The van der Waals surface area contributed by atoms with Gasteiger partial charge in [0, 0.05) is 33.5 Å². The number of rotatable bonds is 5. The quantitative estimate of drug-likeness (QED) is 0.469. The van der Waals surface area contributed by atoms with Crippen molar-refractivity contribution in [3.8, 4) is 11.3 Å². The summed E-state index contributed by atoms with van der Waals surface area (Å²) in [6, 6.07) is 17.0. The van der Waals surface area contributed by atoms with Crippen molar-refractivity contribution in [1.29, 1.82) is 0 Å². The Hall–Kier alpha value is -2.20. The van der Waals surface area contributed by atoms with Crippen LogP contribution in [0.15, 0.2) is 53.4 Å². The van der Waals surface area contributed by atoms with Crippen LogP contribution in [0.2, 0.25) is 0 Å². The molecule has 0 spiro atoms. The number of hydrogen-bond donors (Lipinski definition) is 2. The van der Waals surface area contributed by atoms with Gasteiger partial charge in [-0.1, -0.05) is 68.8 Å². The Morgan fingerprint density at radius 2 is 1.77 bits per heavy atom. The molecule has 3 aromatic rings. The van der Waals surface area contributed by atoms with Crippen LogP contribution in [0, 0.1) is 12.3 Å². The first-order valence-electron chi connectivity index (χ1n) is 8.95. The molecule has 1 heterocycles. The fourth-order valence-electron chi connectivity index (χ4n) is 2.77. The molecule has 1 aromatic heterocycles. The van der Waals surface area contributed by atoms with E-state index in [1.807, 2.05) is 20.8 Å². The smallest absolute Gasteiger partial charge is 0.225 e. The zero-order valence-corrected chi connectivity index (χ0v) is 16.7. The summed E-state index contributed by atoms with van der Waals surface area (Å²) >= 11 is 1.79. The molecule has 0 fully saturated rings. The van der Waals surface area contributed by atoms with E-state index in [1.165, 1.54) is 21.4 Å². The predicted molar refractivity (Wildman–Crippen MR) is 112 cm³/mol. The van der Waals surface area contributed by atoms with Crippen LogP contribution in [0.5, 0.6) is 0 Å². The van der Waals surface area contributed by atoms with Gasteiger partial charge in [0.05, 0.1) is 5.69 Å². The van der Waals surface area contributed by atoms with Crippen molar-refractivity contribution in [2.45, 2.75) is 32.6 Å². The Balaban J connectivity index is 1.81. The fraction of sp³-hybridized carbons (Fsp3) is 0.318. The molecular weight excluding hydrogens is 340 g/mol. The van der Waals surface area contributed by atoms with Gasteiger partial charge in [0.15, 0.2) is 0 Å². The molecule has 3 nitrogen and oxygen atoms in total. The minimum atomic E-state index is -0.349. The van der Waals surface area contributed by atoms with Gasteiger partial charge in [-0.05, 0) is 18.6 Å². The Bertz CT molecular complexity index is 904. The van der Waals surface area contributed by atoms with Gasteiger partial charge in [0.2, 0.25) is 5.91 Å². The lowest BCUT2D eigenvalue weighted by atomic mass is 9.96. The number of carbonyl (C=O) groups is 1. The summed E-state index contributed by atoms with van der Waals surface area (Å²) in [6.07, 6.45) is 0. The van der Waals surface area contributed by atoms with Gasteiger partial charge in [-0.25, -0.2) is 0 Å². The van der Waals surface area contributed by atoms with Crippen LogP contribution in [0.4, 0.5) is 0 Å². The van der Waals surface area contributed by atoms with E-state index in [0.717, 1.165) is 17.0 Å². The highest BCUT2D eigenvalue weighted by Crippen LogP contribution is 2.37. The molecule has 0 unspecified atom stereocenters. The van der Waals surface area contributed by atoms with Crippen LogP contribution in [0.1, 0.15) is 26.3 Å². The lowest BCUT2D eigenvalue weighted by Gasteiger charge is -2.17. The van der Waals surface area contributed by atoms with Crippen molar-refractivity contribution in [3.05, 3.63) is 54.1 Å². The van der Waals surface area contributed by atoms with Gasteiger partial charge >= 0.3 is 0 Å². The lowest BCUT2D eigenvalue weighted by molar-refractivity contribution is -0.128. The second-order valence-corrected chi connectivity index (χ2v) is 8.70. The summed E-state index contributed by atoms with van der Waals surface area (Å²) in [5, 5.41) is 4.26. The fourth-order valence-corrected chi connectivity index (χ4v) is 3.83. The molecular formula is C22H26N2OS. The number of para-hydroxylation sites is 1. The number of benzene rings is 2. The van der Waals surface area contributed by atoms with Crippen molar-refractivity contribution in [1.82, 2.24) is 10.3 Å². The van der Waals surface area contributed by atoms with E-state index in [0.29, 0.717) is 6.54 Å². The van der Waals surface area contributed by atoms with Crippen LogP contribution in [-0.2, 0) is 4.79 Å². The number of fused-ring (bicyclic) bond motifs is 1. The number of aromatic nitrogens is 1. The molecule has 4 heteroatoms. The van der Waals surface area contributed by atoms with E-state index in [1.54, 1.807) is 11.8 Å². The van der Waals surface area contributed by atoms with E-state index in [2.05, 4.69) is 65.8 Å². The van der Waals surface area contributed by atoms with Crippen molar-refractivity contribution in [3.63, 3.8) is 0 Å². The maximum absolute atomic E-state index is 12.0. The van der Waals surface area contributed by atoms with Crippen molar-refractivity contribution in [2.24, 2.45) is 5.41 Å². The first kappa shape index (κ1) is 18.6. The Kier molecular flexibility index (Phi) is 5.42. The second kappa shape index (κ2) is 7.58. The number of aryl methyl sites for hydroxylation is 1. The minimum Gasteiger partial charge on any atom is -0.355 e. The van der Waals surface area contributed by atoms with Crippen LogP contribution >= 0.6 is 11.8 Å². The summed E-state index contributed by atoms with van der Waals surface area (Å²) in [7, 11) is 0. The topological polar surface area (TPSA) is 44.9 Å². The first-order chi connectivity index (χ1) is 12.4. The highest BCUT2D eigenvalue weighted by molar-refractivity contribution is 7.99. The molecule has 26 heavy (non-hydrogen) atoms. The summed E-state index contributed by atoms with van der Waals surface area (Å²) in [5.74, 6) is 0.929. The maximum atomic E-state index is 12.0. The molecule has 0 aliphatic rings. The van der Waals surface area contributed by atoms with E-state index in [-0.39, 0.29) is 11.3 Å². The van der Waals surface area contributed by atoms with E-state index in [9.17, 15) is 4.79 Å². The standard InChI is InChI=1S/C22H26N2OS/c1-15-9-11-16(12-10-15)19-20(17-7-5-6-8-18(17)24-19)26-14-13-23-21(25)22(2,3)4/h5-12,24H,13-14H2,1-4H3,(H,23,25). The van der Waals surface area contributed by atoms with Crippen LogP contribution in [0.25, 0.3) is 22.2 Å². The average molecular weight is 367 g/mol. The normalized spacial score (nSPS) is 11.7. The number of aromatic amines is 1. The SMILES string of the molecule is Cc1ccc(-c2[nH]c3ccccc3c2SCCNC(=O)C(C)(C)C)cc1. The van der Waals surface area contributed by atoms with E-state index in [4.69, 9.17) is 0 Å². The van der Waals surface area contributed by atoms with Gasteiger partial charge in [0.1, 0.15) is 0 Å². The molecule has 0 radical (unpaired) electrons. The summed E-state index contributed by atoms with van der Waals surface area (Å²) in [4.78, 5) is 16.8. The number of thioether (sulfide) groups is 1. The molecule has 0 bridgehead atoms. The summed E-state index contributed by atoms with van der Waals surface area (Å²) in [5.41, 5.74) is 4.39. The predicted octanol–water partition coefficient (Wildman–Crippen LogP) is 5.40. The summed E-state index contributed by atoms with van der Waals surface area (Å²) in [6.45, 7) is 8.57. The van der Waals surface area contributed by atoms with E-state index >= 15 is 0 Å². The average Bonchev–Trinajstić information content (AvgIpc) is 2.97. The van der Waals surface area contributed by atoms with Gasteiger partial charge in [-0.2, -0.15) is 0 Å². The number of nitrogens with one attached hydrogen (secondary N) is 2. The van der Waals surface area contributed by atoms with Crippen LogP contribution in [-0.4, -0.2) is 23.2 Å². The maximum Gasteiger partial charge on any atom is 0.225 e. The number of amides is 1. The van der Waals surface area contributed by atoms with Gasteiger partial charge in [-0.3, -0.25) is 4.79 Å². The first-order valence-corrected chi connectivity index (χ1v) is 9.93. The highest BCUT2D eigenvalue weighted by Gasteiger charge is 2.20. The number of hydrogen-bond acceptors (Lipinski definition) is 2. The van der Waals surface area contributed by atoms with Gasteiger partial charge < -0.3 is 10.3 Å². The van der Waals surface area contributed by atoms with E-state index < -0.39 is 0 Å². The second-order valence-electron chi connectivity index (χ2n) is 7.60. The Morgan fingerprint density at radius 1 is 1.08 bits per heavy atom. The molecule has 2 N–H and O–H groups in total. The van der Waals surface area contributed by atoms with Crippen LogP contribution in [0.3, 0.4) is 0 Å². The molecule has 0 aliphatic carbocycles. The highest BCUT2D eigenvalue weighted by atomic mass is 32.2. The molecule has 3 rings (SSSR count). The Labute approximate surface area is 159 Å². The summed E-state index contributed by atoms with van der Waals surface area (Å²) < 4.78 is 0. The van der Waals surface area contributed by atoms with Crippen molar-refractivity contribution < 1.29 is 4.79 Å². The Morgan fingerprint density at radius 3 is 2.46 bits per heavy atom. The molecule has 0 saturated carbocycles. The molecule has 2 aromatic carbocycles. The number of H-pyrrole nitrogens is 1. The molecule has 0 saturated heterocycles. The number of carbonyl (C=O) groups excluding carboxylic acids is 1. The minimum absolute atomic E-state index is 0.0933. The molecule has 0 atom stereocenters. The molecule has 1 amide bonds. The third kappa shape index (κ3) is 4.13. The van der Waals surface area contributed by atoms with Crippen molar-refractivity contribution >= 4 is 28.6 Å². The third-order valence-corrected chi connectivity index (χ3v) is 5.43. The largest absolute Gasteiger partial charge is 0.355 e. The van der Waals surface area contributed by atoms with Crippen LogP contribution < -0.4 is 5.32 Å². The molecule has 136 valence electrons. The lowest BCUT2D eigenvalue weighted by Crippen LogP contribution is -2.36. The molecule has 0 aliphatic heterocycles. The zero-order chi connectivity index (χ0) is 18.7. The van der Waals surface area contributed by atoms with Gasteiger partial charge in [0.25, 0.3) is 0 Å². The zero-order valence-electron chi connectivity index (χ0n) is 15.8. The van der Waals surface area contributed by atoms with Crippen molar-refractivity contribution in [2.75, 3.05) is 12.3 Å². The monoisotopic (exact) mass is 366 g/mol. The third-order valence-electron chi connectivity index (χ3n) is 4.31. The van der Waals surface area contributed by atoms with Gasteiger partial charge in [-0.15, -0.1) is 11.8 Å².